The van der Waals surface area contributed by atoms with Gasteiger partial charge in [0.05, 0.1) is 31.5 Å². The predicted octanol–water partition coefficient (Wildman–Crippen LogP) is 4.47. The van der Waals surface area contributed by atoms with Crippen LogP contribution in [0.5, 0.6) is 0 Å². The molecule has 1 unspecified atom stereocenters. The normalized spacial score (nSPS) is 20.9. The highest BCUT2D eigenvalue weighted by atomic mass is 32.2. The van der Waals surface area contributed by atoms with Gasteiger partial charge in [0.1, 0.15) is 21.4 Å². The van der Waals surface area contributed by atoms with Crippen molar-refractivity contribution >= 4 is 44.7 Å². The summed E-state index contributed by atoms with van der Waals surface area (Å²) < 4.78 is 47.8. The Morgan fingerprint density at radius 1 is 1.05 bits per heavy atom. The minimum atomic E-state index is -4.06. The van der Waals surface area contributed by atoms with Gasteiger partial charge in [-0.1, -0.05) is 31.4 Å². The van der Waals surface area contributed by atoms with Crippen molar-refractivity contribution in [3.05, 3.63) is 59.4 Å². The predicted molar refractivity (Wildman–Crippen MR) is 161 cm³/mol. The van der Waals surface area contributed by atoms with E-state index >= 15 is 0 Å². The number of rotatable bonds is 7. The summed E-state index contributed by atoms with van der Waals surface area (Å²) >= 11 is 1.02. The third kappa shape index (κ3) is 6.03. The van der Waals surface area contributed by atoms with Crippen molar-refractivity contribution in [1.82, 2.24) is 9.29 Å². The summed E-state index contributed by atoms with van der Waals surface area (Å²) in [5, 5.41) is 10.1. The number of amides is 1. The van der Waals surface area contributed by atoms with E-state index in [2.05, 4.69) is 4.98 Å². The van der Waals surface area contributed by atoms with Gasteiger partial charge in [-0.05, 0) is 54.7 Å². The first-order valence-electron chi connectivity index (χ1n) is 14.5. The molecule has 4 heterocycles. The molecule has 1 N–H and O–H groups in total. The van der Waals surface area contributed by atoms with Crippen LogP contribution in [0.4, 0.5) is 15.9 Å². The average molecular weight is 629 g/mol. The van der Waals surface area contributed by atoms with Crippen molar-refractivity contribution in [3.8, 4) is 10.4 Å². The molecule has 13 heteroatoms. The maximum atomic E-state index is 13.9. The molecule has 3 aromatic rings. The Hall–Kier alpha value is -3.39. The lowest BCUT2D eigenvalue weighted by Gasteiger charge is -2.44. The van der Waals surface area contributed by atoms with Crippen LogP contribution in [0.15, 0.2) is 53.6 Å². The second-order valence-corrected chi connectivity index (χ2v) is 14.1. The van der Waals surface area contributed by atoms with Gasteiger partial charge in [-0.15, -0.1) is 11.3 Å². The Labute approximate surface area is 253 Å². The molecule has 10 nitrogen and oxygen atoms in total. The third-order valence-corrected chi connectivity index (χ3v) is 11.4. The number of piperazine rings is 1. The molecule has 0 spiro atoms. The van der Waals surface area contributed by atoms with Gasteiger partial charge in [0.2, 0.25) is 15.9 Å². The van der Waals surface area contributed by atoms with Crippen LogP contribution >= 0.6 is 11.3 Å². The van der Waals surface area contributed by atoms with E-state index in [1.165, 1.54) is 33.6 Å². The molecular weight excluding hydrogens is 595 g/mol. The first-order chi connectivity index (χ1) is 20.7. The summed E-state index contributed by atoms with van der Waals surface area (Å²) in [7, 11) is -4.06. The number of nitrogens with zero attached hydrogens (tertiary/aromatic N) is 4. The number of aromatic carboxylic acids is 1. The Kier molecular flexibility index (Phi) is 8.49. The van der Waals surface area contributed by atoms with Crippen molar-refractivity contribution in [3.63, 3.8) is 0 Å². The number of carbonyl (C=O) groups excluding carboxylic acids is 1. The number of halogens is 1. The smallest absolute Gasteiger partial charge is 0.348 e. The van der Waals surface area contributed by atoms with Crippen LogP contribution in [0.2, 0.25) is 0 Å². The molecule has 0 bridgehead atoms. The zero-order valence-corrected chi connectivity index (χ0v) is 25.2. The summed E-state index contributed by atoms with van der Waals surface area (Å²) in [5.74, 6) is -1.39. The van der Waals surface area contributed by atoms with Gasteiger partial charge >= 0.3 is 5.97 Å². The van der Waals surface area contributed by atoms with Crippen LogP contribution in [0.25, 0.3) is 10.4 Å². The number of pyridine rings is 1. The number of hydrogen-bond acceptors (Lipinski definition) is 8. The van der Waals surface area contributed by atoms with Crippen LogP contribution in [0, 0.1) is 11.7 Å². The summed E-state index contributed by atoms with van der Waals surface area (Å²) in [6.07, 6.45) is 5.94. The third-order valence-electron chi connectivity index (χ3n) is 8.49. The number of carbonyl (C=O) groups is 2. The molecule has 0 radical (unpaired) electrons. The highest BCUT2D eigenvalue weighted by molar-refractivity contribution is 7.89. The van der Waals surface area contributed by atoms with Gasteiger partial charge in [-0.2, -0.15) is 4.31 Å². The van der Waals surface area contributed by atoms with Crippen LogP contribution in [0.3, 0.4) is 0 Å². The summed E-state index contributed by atoms with van der Waals surface area (Å²) in [4.78, 5) is 34.8. The van der Waals surface area contributed by atoms with Crippen molar-refractivity contribution in [2.45, 2.75) is 43.0 Å². The van der Waals surface area contributed by atoms with E-state index in [0.29, 0.717) is 42.6 Å². The number of sulfonamides is 1. The van der Waals surface area contributed by atoms with Crippen molar-refractivity contribution in [1.29, 1.82) is 0 Å². The molecule has 1 saturated carbocycles. The molecule has 1 aromatic carbocycles. The van der Waals surface area contributed by atoms with E-state index in [-0.39, 0.29) is 27.9 Å². The number of carboxylic acids is 1. The summed E-state index contributed by atoms with van der Waals surface area (Å²) in [6, 6.07) is 10.1. The second kappa shape index (κ2) is 12.3. The molecule has 1 atom stereocenters. The first-order valence-corrected chi connectivity index (χ1v) is 16.7. The zero-order chi connectivity index (χ0) is 30.1. The molecule has 2 saturated heterocycles. The van der Waals surface area contributed by atoms with Crippen molar-refractivity contribution in [2.24, 2.45) is 5.92 Å². The van der Waals surface area contributed by atoms with E-state index in [1.54, 1.807) is 24.3 Å². The van der Waals surface area contributed by atoms with E-state index in [4.69, 9.17) is 4.74 Å². The fourth-order valence-corrected chi connectivity index (χ4v) is 8.61. The SMILES string of the molecule is O=C(O)c1sc(-c2ccc(F)cc2)cc1N1C(=O)CN(S(=O)(=O)c2ccc(N3CCOCC3)nc2)CC1C1CCCCC1. The van der Waals surface area contributed by atoms with E-state index in [1.807, 2.05) is 4.90 Å². The van der Waals surface area contributed by atoms with Crippen LogP contribution in [-0.4, -0.2) is 80.1 Å². The lowest BCUT2D eigenvalue weighted by molar-refractivity contribution is -0.121. The van der Waals surface area contributed by atoms with E-state index in [9.17, 15) is 27.5 Å². The monoisotopic (exact) mass is 628 g/mol. The highest BCUT2D eigenvalue weighted by Gasteiger charge is 2.44. The van der Waals surface area contributed by atoms with Gasteiger partial charge in [-0.25, -0.2) is 22.6 Å². The first kappa shape index (κ1) is 29.7. The molecule has 2 aromatic heterocycles. The number of hydrogen-bond donors (Lipinski definition) is 1. The standard InChI is InChI=1S/C30H33FN4O6S2/c31-22-8-6-21(7-9-22)26-16-24(29(42-26)30(37)38)35-25(20-4-2-1-3-5-20)18-34(19-28(35)36)43(39,40)23-10-11-27(32-17-23)33-12-14-41-15-13-33/h6-11,16-17,20,25H,1-5,12-15,18-19H2,(H,37,38). The van der Waals surface area contributed by atoms with Gasteiger partial charge in [0.15, 0.2) is 0 Å². The quantitative estimate of drug-likeness (QED) is 0.407. The summed E-state index contributed by atoms with van der Waals surface area (Å²) in [6.45, 7) is 2.12. The Bertz CT molecular complexity index is 1580. The Morgan fingerprint density at radius 2 is 1.77 bits per heavy atom. The lowest BCUT2D eigenvalue weighted by atomic mass is 9.82. The van der Waals surface area contributed by atoms with E-state index < -0.39 is 40.3 Å². The van der Waals surface area contributed by atoms with Gasteiger partial charge in [-0.3, -0.25) is 4.79 Å². The fourth-order valence-electron chi connectivity index (χ4n) is 6.27. The zero-order valence-electron chi connectivity index (χ0n) is 23.5. The number of thiophene rings is 1. The molecule has 3 fully saturated rings. The molecule has 3 aliphatic rings. The minimum Gasteiger partial charge on any atom is -0.477 e. The number of carboxylic acid groups (broad SMARTS) is 1. The molecule has 1 amide bonds. The fraction of sp³-hybridized carbons (Fsp3) is 0.433. The van der Waals surface area contributed by atoms with Crippen LogP contribution in [0.1, 0.15) is 41.8 Å². The topological polar surface area (TPSA) is 120 Å². The molecule has 228 valence electrons. The van der Waals surface area contributed by atoms with Gasteiger partial charge in [0.25, 0.3) is 0 Å². The van der Waals surface area contributed by atoms with Gasteiger partial charge < -0.3 is 19.6 Å². The van der Waals surface area contributed by atoms with Crippen molar-refractivity contribution < 1.29 is 32.2 Å². The molecule has 2 aliphatic heterocycles. The largest absolute Gasteiger partial charge is 0.477 e. The van der Waals surface area contributed by atoms with Crippen molar-refractivity contribution in [2.75, 3.05) is 49.2 Å². The van der Waals surface area contributed by atoms with Crippen LogP contribution < -0.4 is 9.80 Å². The van der Waals surface area contributed by atoms with Gasteiger partial charge in [0, 0.05) is 30.7 Å². The minimum absolute atomic E-state index is 0.00677. The molecule has 1 aliphatic carbocycles. The maximum absolute atomic E-state index is 13.9. The lowest BCUT2D eigenvalue weighted by Crippen LogP contribution is -2.60. The number of aromatic nitrogens is 1. The number of anilines is 2. The maximum Gasteiger partial charge on any atom is 0.348 e. The molecule has 6 rings (SSSR count). The summed E-state index contributed by atoms with van der Waals surface area (Å²) in [5.41, 5.74) is 0.891. The Balaban J connectivity index is 1.33. The molecular formula is C30H33FN4O6S2. The van der Waals surface area contributed by atoms with E-state index in [0.717, 1.165) is 43.4 Å². The van der Waals surface area contributed by atoms with Crippen LogP contribution in [-0.2, 0) is 19.6 Å². The molecule has 43 heavy (non-hydrogen) atoms. The number of ether oxygens (including phenoxy) is 1. The Morgan fingerprint density at radius 3 is 2.42 bits per heavy atom. The average Bonchev–Trinajstić information content (AvgIpc) is 3.47. The number of benzene rings is 1. The second-order valence-electron chi connectivity index (χ2n) is 11.1. The highest BCUT2D eigenvalue weighted by Crippen LogP contribution is 2.42. The number of morpholine rings is 1.